The normalized spacial score (nSPS) is 11.7. The summed E-state index contributed by atoms with van der Waals surface area (Å²) in [5.41, 5.74) is 11.0. The Morgan fingerprint density at radius 3 is 1.56 bits per heavy atom. The molecule has 0 saturated heterocycles. The molecule has 0 radical (unpaired) electrons. The van der Waals surface area contributed by atoms with Gasteiger partial charge in [-0.2, -0.15) is 0 Å². The van der Waals surface area contributed by atoms with Crippen LogP contribution in [0.2, 0.25) is 0 Å². The summed E-state index contributed by atoms with van der Waals surface area (Å²) in [6.45, 7) is 2.14. The average molecular weight is 499 g/mol. The third kappa shape index (κ3) is 3.28. The predicted octanol–water partition coefficient (Wildman–Crippen LogP) is 9.86. The Bertz CT molecular complexity index is 2160. The van der Waals surface area contributed by atoms with Crippen molar-refractivity contribution in [2.24, 2.45) is 0 Å². The maximum absolute atomic E-state index is 2.43. The van der Waals surface area contributed by atoms with Gasteiger partial charge in [0.25, 0.3) is 0 Å². The summed E-state index contributed by atoms with van der Waals surface area (Å²) in [5.74, 6) is 0. The third-order valence-corrected chi connectivity index (χ3v) is 7.98. The van der Waals surface area contributed by atoms with Crippen molar-refractivity contribution in [2.45, 2.75) is 6.92 Å². The van der Waals surface area contributed by atoms with Crippen molar-refractivity contribution in [1.82, 2.24) is 9.13 Å². The molecule has 0 aliphatic carbocycles. The Labute approximate surface area is 227 Å². The van der Waals surface area contributed by atoms with E-state index >= 15 is 0 Å². The van der Waals surface area contributed by atoms with E-state index in [4.69, 9.17) is 0 Å². The monoisotopic (exact) mass is 498 g/mol. The second-order valence-electron chi connectivity index (χ2n) is 10.3. The molecule has 0 spiro atoms. The lowest BCUT2D eigenvalue weighted by Crippen LogP contribution is -1.95. The SMILES string of the molecule is Cc1ccc(-n2c3ccccc3c3c4c5ccccc5n(-c5cccc(-c6ccccc6)c5)c4ccc32)cc1. The van der Waals surface area contributed by atoms with E-state index in [2.05, 4.69) is 156 Å². The van der Waals surface area contributed by atoms with E-state index in [9.17, 15) is 0 Å². The molecule has 0 unspecified atom stereocenters. The minimum atomic E-state index is 1.17. The Morgan fingerprint density at radius 2 is 0.923 bits per heavy atom. The lowest BCUT2D eigenvalue weighted by molar-refractivity contribution is 1.17. The molecule has 0 atom stereocenters. The molecule has 2 heteroatoms. The highest BCUT2D eigenvalue weighted by molar-refractivity contribution is 6.28. The van der Waals surface area contributed by atoms with Crippen LogP contribution in [0.15, 0.2) is 140 Å². The van der Waals surface area contributed by atoms with Gasteiger partial charge in [-0.1, -0.05) is 96.6 Å². The second-order valence-corrected chi connectivity index (χ2v) is 10.3. The van der Waals surface area contributed by atoms with Crippen molar-refractivity contribution in [3.8, 4) is 22.5 Å². The molecule has 0 saturated carbocycles. The second kappa shape index (κ2) is 8.47. The fourth-order valence-electron chi connectivity index (χ4n) is 6.22. The molecule has 184 valence electrons. The summed E-state index contributed by atoms with van der Waals surface area (Å²) in [6.07, 6.45) is 0. The first-order valence-corrected chi connectivity index (χ1v) is 13.5. The van der Waals surface area contributed by atoms with Gasteiger partial charge in [0.15, 0.2) is 0 Å². The molecule has 0 aliphatic rings. The van der Waals surface area contributed by atoms with Crippen LogP contribution in [0, 0.1) is 6.92 Å². The summed E-state index contributed by atoms with van der Waals surface area (Å²) in [5, 5.41) is 5.16. The Morgan fingerprint density at radius 1 is 0.385 bits per heavy atom. The summed E-state index contributed by atoms with van der Waals surface area (Å²) >= 11 is 0. The maximum Gasteiger partial charge on any atom is 0.0548 e. The van der Waals surface area contributed by atoms with E-state index in [1.807, 2.05) is 0 Å². The molecule has 0 N–H and O–H groups in total. The van der Waals surface area contributed by atoms with Crippen molar-refractivity contribution in [3.05, 3.63) is 145 Å². The smallest absolute Gasteiger partial charge is 0.0548 e. The molecule has 0 fully saturated rings. The van der Waals surface area contributed by atoms with Gasteiger partial charge in [0, 0.05) is 32.9 Å². The maximum atomic E-state index is 2.43. The number of rotatable bonds is 3. The highest BCUT2D eigenvalue weighted by atomic mass is 15.0. The highest BCUT2D eigenvalue weighted by Gasteiger charge is 2.20. The van der Waals surface area contributed by atoms with E-state index in [0.717, 1.165) is 0 Å². The molecular formula is C37H26N2. The zero-order valence-corrected chi connectivity index (χ0v) is 21.7. The van der Waals surface area contributed by atoms with Crippen LogP contribution in [0.3, 0.4) is 0 Å². The van der Waals surface area contributed by atoms with Gasteiger partial charge >= 0.3 is 0 Å². The lowest BCUT2D eigenvalue weighted by atomic mass is 10.0. The molecule has 8 aromatic rings. The van der Waals surface area contributed by atoms with Gasteiger partial charge in [0.2, 0.25) is 0 Å². The number of aryl methyl sites for hydroxylation is 1. The van der Waals surface area contributed by atoms with Gasteiger partial charge in [-0.3, -0.25) is 0 Å². The number of hydrogen-bond acceptors (Lipinski definition) is 0. The molecule has 0 amide bonds. The molecule has 2 nitrogen and oxygen atoms in total. The molecule has 0 bridgehead atoms. The fourth-order valence-corrected chi connectivity index (χ4v) is 6.22. The molecule has 6 aromatic carbocycles. The quantitative estimate of drug-likeness (QED) is 0.229. The molecule has 8 rings (SSSR count). The number of aromatic nitrogens is 2. The van der Waals surface area contributed by atoms with E-state index in [1.54, 1.807) is 0 Å². The van der Waals surface area contributed by atoms with Crippen LogP contribution >= 0.6 is 0 Å². The third-order valence-electron chi connectivity index (χ3n) is 7.98. The zero-order valence-electron chi connectivity index (χ0n) is 21.7. The summed E-state index contributed by atoms with van der Waals surface area (Å²) in [4.78, 5) is 0. The number of nitrogens with zero attached hydrogens (tertiary/aromatic N) is 2. The Balaban J connectivity index is 1.49. The summed E-state index contributed by atoms with van der Waals surface area (Å²) in [7, 11) is 0. The fraction of sp³-hybridized carbons (Fsp3) is 0.0270. The minimum Gasteiger partial charge on any atom is -0.309 e. The van der Waals surface area contributed by atoms with Crippen molar-refractivity contribution in [1.29, 1.82) is 0 Å². The molecule has 2 aromatic heterocycles. The first kappa shape index (κ1) is 22.0. The lowest BCUT2D eigenvalue weighted by Gasteiger charge is -2.11. The number of para-hydroxylation sites is 2. The van der Waals surface area contributed by atoms with Crippen LogP contribution in [0.4, 0.5) is 0 Å². The van der Waals surface area contributed by atoms with Gasteiger partial charge in [0.05, 0.1) is 22.1 Å². The molecule has 39 heavy (non-hydrogen) atoms. The first-order valence-electron chi connectivity index (χ1n) is 13.5. The van der Waals surface area contributed by atoms with Crippen LogP contribution in [-0.4, -0.2) is 9.13 Å². The van der Waals surface area contributed by atoms with Gasteiger partial charge in [-0.05, 0) is 66.6 Å². The molecule has 0 aliphatic heterocycles. The highest BCUT2D eigenvalue weighted by Crippen LogP contribution is 2.42. The van der Waals surface area contributed by atoms with Crippen LogP contribution in [0.5, 0.6) is 0 Å². The van der Waals surface area contributed by atoms with Gasteiger partial charge in [0.1, 0.15) is 0 Å². The van der Waals surface area contributed by atoms with Gasteiger partial charge in [-0.25, -0.2) is 0 Å². The first-order chi connectivity index (χ1) is 19.3. The standard InChI is InChI=1S/C37H26N2/c1-25-18-20-28(21-19-25)38-32-16-7-5-14-30(32)36-34(38)22-23-35-37(36)31-15-6-8-17-33(31)39(35)29-13-9-12-27(24-29)26-10-3-2-4-11-26/h2-24H,1H3. The van der Waals surface area contributed by atoms with Crippen molar-refractivity contribution >= 4 is 43.6 Å². The van der Waals surface area contributed by atoms with E-state index in [0.29, 0.717) is 0 Å². The average Bonchev–Trinajstić information content (AvgIpc) is 3.51. The topological polar surface area (TPSA) is 9.86 Å². The van der Waals surface area contributed by atoms with Crippen molar-refractivity contribution in [3.63, 3.8) is 0 Å². The van der Waals surface area contributed by atoms with Crippen LogP contribution in [0.1, 0.15) is 5.56 Å². The number of fused-ring (bicyclic) bond motifs is 7. The minimum absolute atomic E-state index is 1.17. The molecular weight excluding hydrogens is 472 g/mol. The van der Waals surface area contributed by atoms with Crippen molar-refractivity contribution < 1.29 is 0 Å². The largest absolute Gasteiger partial charge is 0.309 e. The summed E-state index contributed by atoms with van der Waals surface area (Å²) in [6, 6.07) is 50.6. The molecule has 2 heterocycles. The predicted molar refractivity (Wildman–Crippen MR) is 165 cm³/mol. The number of benzene rings is 6. The van der Waals surface area contributed by atoms with Crippen LogP contribution in [-0.2, 0) is 0 Å². The summed E-state index contributed by atoms with van der Waals surface area (Å²) < 4.78 is 4.83. The van der Waals surface area contributed by atoms with E-state index in [-0.39, 0.29) is 0 Å². The van der Waals surface area contributed by atoms with Crippen molar-refractivity contribution in [2.75, 3.05) is 0 Å². The zero-order chi connectivity index (χ0) is 25.9. The van der Waals surface area contributed by atoms with E-state index < -0.39 is 0 Å². The van der Waals surface area contributed by atoms with Crippen LogP contribution in [0.25, 0.3) is 66.1 Å². The van der Waals surface area contributed by atoms with Gasteiger partial charge in [-0.15, -0.1) is 0 Å². The Hall–Kier alpha value is -5.08. The Kier molecular flexibility index (Phi) is 4.77. The number of hydrogen-bond donors (Lipinski definition) is 0. The van der Waals surface area contributed by atoms with Crippen LogP contribution < -0.4 is 0 Å². The van der Waals surface area contributed by atoms with Gasteiger partial charge < -0.3 is 9.13 Å². The van der Waals surface area contributed by atoms with E-state index in [1.165, 1.54) is 71.7 Å².